The first-order valence-corrected chi connectivity index (χ1v) is 13.6. The van der Waals surface area contributed by atoms with E-state index in [-0.39, 0.29) is 16.4 Å². The summed E-state index contributed by atoms with van der Waals surface area (Å²) in [5.41, 5.74) is 4.18. The number of carboxylic acid groups (broad SMARTS) is 1. The molecule has 0 aromatic carbocycles. The van der Waals surface area contributed by atoms with Crippen molar-refractivity contribution in [3.63, 3.8) is 0 Å². The second-order valence-corrected chi connectivity index (χ2v) is 11.4. The lowest BCUT2D eigenvalue weighted by atomic mass is 9.78. The summed E-state index contributed by atoms with van der Waals surface area (Å²) in [5, 5.41) is 24.3. The van der Waals surface area contributed by atoms with E-state index >= 15 is 0 Å². The number of fused-ring (bicyclic) bond motifs is 2. The zero-order chi connectivity index (χ0) is 25.3. The number of ether oxygens (including phenoxy) is 1. The van der Waals surface area contributed by atoms with Gasteiger partial charge in [-0.1, -0.05) is 53.8 Å². The van der Waals surface area contributed by atoms with E-state index in [1.54, 1.807) is 7.11 Å². The number of carboxylic acids is 1. The predicted octanol–water partition coefficient (Wildman–Crippen LogP) is 5.94. The summed E-state index contributed by atoms with van der Waals surface area (Å²) in [7, 11) is 3.59. The third-order valence-corrected chi connectivity index (χ3v) is 9.38. The number of thiophene rings is 1. The van der Waals surface area contributed by atoms with Gasteiger partial charge in [-0.2, -0.15) is 0 Å². The Bertz CT molecular complexity index is 1220. The van der Waals surface area contributed by atoms with E-state index < -0.39 is 5.97 Å². The molecule has 0 amide bonds. The van der Waals surface area contributed by atoms with Crippen molar-refractivity contribution in [2.75, 3.05) is 25.1 Å². The van der Waals surface area contributed by atoms with Crippen molar-refractivity contribution in [3.05, 3.63) is 75.8 Å². The maximum atomic E-state index is 12.2. The van der Waals surface area contributed by atoms with Gasteiger partial charge in [0.2, 0.25) is 0 Å². The number of oxime groups is 1. The number of rotatable bonds is 9. The average molecular weight is 527 g/mol. The number of hydrogen-bond acceptors (Lipinski definition) is 8. The molecule has 1 heterocycles. The highest BCUT2D eigenvalue weighted by atomic mass is 32.2. The zero-order valence-electron chi connectivity index (χ0n) is 20.3. The molecule has 0 aliphatic heterocycles. The summed E-state index contributed by atoms with van der Waals surface area (Å²) in [4.78, 5) is 12.5. The maximum absolute atomic E-state index is 12.2. The number of carbonyl (C=O) groups is 1. The predicted molar refractivity (Wildman–Crippen MR) is 144 cm³/mol. The zero-order valence-corrected chi connectivity index (χ0v) is 22.0. The van der Waals surface area contributed by atoms with Gasteiger partial charge in [0.05, 0.1) is 17.9 Å². The van der Waals surface area contributed by atoms with E-state index in [0.29, 0.717) is 36.6 Å². The lowest BCUT2D eigenvalue weighted by Crippen LogP contribution is -2.25. The molecule has 3 atom stereocenters. The van der Waals surface area contributed by atoms with E-state index in [9.17, 15) is 15.1 Å². The van der Waals surface area contributed by atoms with Crippen molar-refractivity contribution in [2.45, 2.75) is 37.7 Å². The van der Waals surface area contributed by atoms with E-state index in [4.69, 9.17) is 8.92 Å². The van der Waals surface area contributed by atoms with Crippen LogP contribution in [0.25, 0.3) is 0 Å². The van der Waals surface area contributed by atoms with Crippen LogP contribution in [0.1, 0.15) is 46.5 Å². The molecule has 5 rings (SSSR count). The molecule has 2 unspecified atom stereocenters. The molecule has 4 aliphatic carbocycles. The molecule has 2 N–H and O–H groups in total. The van der Waals surface area contributed by atoms with Crippen LogP contribution in [0.4, 0.5) is 5.00 Å². The summed E-state index contributed by atoms with van der Waals surface area (Å²) in [6.45, 7) is 0.526. The summed E-state index contributed by atoms with van der Waals surface area (Å²) < 4.78 is 13.3. The standard InChI is InChI=1S/C27H30N2O5S2/c1-29(36-34-12-10-17-7-5-3-4-6-8-17)25-23-21(24(35-25)26(30)31)14-19(15-22(23)28-32)18-9-11-27(33-2)16-20(27)13-18/h3-5,7-9,11,13,19-20,32H,6,10,12,14-16H2,1-2H3,(H,30,31)/b28-22+/t19?,20-,27?/m1/s1. The molecule has 0 saturated heterocycles. The van der Waals surface area contributed by atoms with Gasteiger partial charge in [0.25, 0.3) is 0 Å². The second-order valence-electron chi connectivity index (χ2n) is 9.46. The van der Waals surface area contributed by atoms with Crippen LogP contribution in [0.2, 0.25) is 0 Å². The Balaban J connectivity index is 1.32. The molecular weight excluding hydrogens is 496 g/mol. The highest BCUT2D eigenvalue weighted by Gasteiger charge is 2.53. The fourth-order valence-corrected chi connectivity index (χ4v) is 6.95. The third kappa shape index (κ3) is 4.85. The van der Waals surface area contributed by atoms with Gasteiger partial charge in [0.1, 0.15) is 22.1 Å². The third-order valence-electron chi connectivity index (χ3n) is 7.29. The second kappa shape index (κ2) is 10.4. The Labute approximate surface area is 219 Å². The molecule has 4 aliphatic rings. The van der Waals surface area contributed by atoms with E-state index in [2.05, 4.69) is 41.6 Å². The molecule has 36 heavy (non-hydrogen) atoms. The molecule has 0 bridgehead atoms. The molecule has 9 heteroatoms. The van der Waals surface area contributed by atoms with Crippen LogP contribution in [-0.2, 0) is 15.3 Å². The van der Waals surface area contributed by atoms with Crippen LogP contribution in [0.5, 0.6) is 0 Å². The lowest BCUT2D eigenvalue weighted by molar-refractivity contribution is 0.0701. The number of nitrogens with zero attached hydrogens (tertiary/aromatic N) is 2. The number of aromatic carboxylic acids is 1. The lowest BCUT2D eigenvalue weighted by Gasteiger charge is -2.28. The molecular formula is C27H30N2O5S2. The van der Waals surface area contributed by atoms with E-state index in [1.165, 1.54) is 29.1 Å². The number of anilines is 1. The molecule has 0 radical (unpaired) electrons. The number of allylic oxidation sites excluding steroid dienone is 7. The van der Waals surface area contributed by atoms with Crippen LogP contribution in [-0.4, -0.2) is 48.4 Å². The van der Waals surface area contributed by atoms with Crippen LogP contribution < -0.4 is 4.31 Å². The SMILES string of the molecule is COC12C=CC(C3C/C(=N\O)c4c(N(C)SOCCC5=CCC=CC=C5)sc(C(=O)O)c4C3)=C[C@@H]1C2. The summed E-state index contributed by atoms with van der Waals surface area (Å²) >= 11 is 2.39. The molecule has 1 aromatic rings. The smallest absolute Gasteiger partial charge is 0.346 e. The molecule has 0 spiro atoms. The van der Waals surface area contributed by atoms with Crippen LogP contribution in [0.3, 0.4) is 0 Å². The van der Waals surface area contributed by atoms with Crippen LogP contribution in [0.15, 0.2) is 64.9 Å². The first-order valence-electron chi connectivity index (χ1n) is 12.1. The largest absolute Gasteiger partial charge is 0.477 e. The average Bonchev–Trinajstić information content (AvgIpc) is 3.57. The van der Waals surface area contributed by atoms with Crippen molar-refractivity contribution >= 4 is 40.2 Å². The molecule has 1 aromatic heterocycles. The van der Waals surface area contributed by atoms with Crippen LogP contribution in [0, 0.1) is 11.8 Å². The van der Waals surface area contributed by atoms with Crippen molar-refractivity contribution in [3.8, 4) is 0 Å². The van der Waals surface area contributed by atoms with Gasteiger partial charge in [-0.05, 0) is 48.3 Å². The molecule has 1 fully saturated rings. The maximum Gasteiger partial charge on any atom is 0.346 e. The summed E-state index contributed by atoms with van der Waals surface area (Å²) in [5.74, 6) is -0.551. The van der Waals surface area contributed by atoms with Gasteiger partial charge in [-0.25, -0.2) is 4.79 Å². The number of methoxy groups -OCH3 is 1. The van der Waals surface area contributed by atoms with Crippen molar-refractivity contribution in [1.82, 2.24) is 0 Å². The fourth-order valence-electron chi connectivity index (χ4n) is 5.21. The quantitative estimate of drug-likeness (QED) is 0.135. The summed E-state index contributed by atoms with van der Waals surface area (Å²) in [6, 6.07) is 0. The molecule has 1 saturated carbocycles. The van der Waals surface area contributed by atoms with Gasteiger partial charge in [-0.3, -0.25) is 8.49 Å². The summed E-state index contributed by atoms with van der Waals surface area (Å²) in [6.07, 6.45) is 20.7. The Morgan fingerprint density at radius 2 is 2.19 bits per heavy atom. The Morgan fingerprint density at radius 1 is 1.33 bits per heavy atom. The Morgan fingerprint density at radius 3 is 2.94 bits per heavy atom. The Kier molecular flexibility index (Phi) is 7.25. The van der Waals surface area contributed by atoms with Gasteiger partial charge in [0, 0.05) is 32.1 Å². The van der Waals surface area contributed by atoms with Crippen molar-refractivity contribution in [2.24, 2.45) is 17.0 Å². The van der Waals surface area contributed by atoms with Crippen LogP contribution >= 0.6 is 23.6 Å². The highest BCUT2D eigenvalue weighted by Crippen LogP contribution is 2.53. The first-order chi connectivity index (χ1) is 17.5. The van der Waals surface area contributed by atoms with Gasteiger partial charge in [-0.15, -0.1) is 11.3 Å². The normalized spacial score (nSPS) is 27.2. The first kappa shape index (κ1) is 25.1. The van der Waals surface area contributed by atoms with E-state index in [0.717, 1.165) is 35.4 Å². The number of hydrogen-bond donors (Lipinski definition) is 2. The monoisotopic (exact) mass is 526 g/mol. The van der Waals surface area contributed by atoms with Gasteiger partial charge in [0.15, 0.2) is 0 Å². The fraction of sp³-hybridized carbons (Fsp3) is 0.407. The minimum Gasteiger partial charge on any atom is -0.477 e. The van der Waals surface area contributed by atoms with Crippen molar-refractivity contribution in [1.29, 1.82) is 0 Å². The van der Waals surface area contributed by atoms with E-state index in [1.807, 2.05) is 23.5 Å². The molecule has 7 nitrogen and oxygen atoms in total. The highest BCUT2D eigenvalue weighted by molar-refractivity contribution is 7.96. The topological polar surface area (TPSA) is 91.6 Å². The van der Waals surface area contributed by atoms with Crippen molar-refractivity contribution < 1.29 is 24.0 Å². The van der Waals surface area contributed by atoms with Gasteiger partial charge >= 0.3 is 5.97 Å². The Hall–Kier alpha value is -2.59. The van der Waals surface area contributed by atoms with Gasteiger partial charge < -0.3 is 15.1 Å². The molecule has 190 valence electrons. The minimum atomic E-state index is -0.964. The minimum absolute atomic E-state index is 0.0558.